The van der Waals surface area contributed by atoms with Crippen LogP contribution in [-0.2, 0) is 4.79 Å². The Morgan fingerprint density at radius 1 is 1.10 bits per heavy atom. The highest BCUT2D eigenvalue weighted by molar-refractivity contribution is 5.42. The zero-order chi connectivity index (χ0) is 17.1. The smallest absolute Gasteiger partial charge is 0.204 e. The number of hydrogen-bond donors (Lipinski definition) is 1. The van der Waals surface area contributed by atoms with Crippen molar-refractivity contribution in [1.29, 1.82) is 0 Å². The molecular formula is C19H35NO. The summed E-state index contributed by atoms with van der Waals surface area (Å²) in [6.07, 6.45) is 1.53. The van der Waals surface area contributed by atoms with Crippen molar-refractivity contribution in [2.24, 2.45) is 17.1 Å². The molecule has 1 rings (SSSR count). The number of hydrogen-bond acceptors (Lipinski definition) is 1. The van der Waals surface area contributed by atoms with Gasteiger partial charge in [0.15, 0.2) is 0 Å². The zero-order valence-corrected chi connectivity index (χ0v) is 15.2. The van der Waals surface area contributed by atoms with E-state index in [0.717, 1.165) is 5.92 Å². The van der Waals surface area contributed by atoms with Gasteiger partial charge in [0.05, 0.1) is 0 Å². The normalized spacial score (nSPS) is 10.4. The summed E-state index contributed by atoms with van der Waals surface area (Å²) in [6.45, 7) is 18.0. The summed E-state index contributed by atoms with van der Waals surface area (Å²) < 4.78 is 0. The molecule has 2 N–H and O–H groups in total. The summed E-state index contributed by atoms with van der Waals surface area (Å²) in [5, 5.41) is 0. The van der Waals surface area contributed by atoms with Gasteiger partial charge in [0.25, 0.3) is 0 Å². The second-order valence-electron chi connectivity index (χ2n) is 6.70. The number of carbonyl (C=O) groups is 1. The molecule has 0 saturated heterocycles. The van der Waals surface area contributed by atoms with E-state index in [0.29, 0.717) is 11.3 Å². The lowest BCUT2D eigenvalue weighted by molar-refractivity contribution is -0.106. The van der Waals surface area contributed by atoms with E-state index in [1.165, 1.54) is 17.5 Å². The molecule has 0 aliphatic rings. The summed E-state index contributed by atoms with van der Waals surface area (Å²) in [5.41, 5.74) is 7.47. The summed E-state index contributed by atoms with van der Waals surface area (Å²) in [6, 6.07) is 8.71. The fraction of sp³-hybridized carbons (Fsp3) is 0.632. The van der Waals surface area contributed by atoms with E-state index in [2.05, 4.69) is 85.4 Å². The average Bonchev–Trinajstić information content (AvgIpc) is 2.40. The maximum atomic E-state index is 8.58. The highest BCUT2D eigenvalue weighted by Crippen LogP contribution is 2.28. The van der Waals surface area contributed by atoms with Crippen LogP contribution in [0.25, 0.3) is 0 Å². The monoisotopic (exact) mass is 293 g/mol. The average molecular weight is 293 g/mol. The summed E-state index contributed by atoms with van der Waals surface area (Å²) in [7, 11) is 0. The highest BCUT2D eigenvalue weighted by atomic mass is 16.1. The second-order valence-corrected chi connectivity index (χ2v) is 6.70. The van der Waals surface area contributed by atoms with Crippen molar-refractivity contribution in [3.8, 4) is 0 Å². The third-order valence-electron chi connectivity index (χ3n) is 4.22. The molecule has 1 aromatic carbocycles. The van der Waals surface area contributed by atoms with Crippen molar-refractivity contribution in [2.75, 3.05) is 0 Å². The summed E-state index contributed by atoms with van der Waals surface area (Å²) >= 11 is 0. The molecule has 0 spiro atoms. The Morgan fingerprint density at radius 3 is 1.67 bits per heavy atom. The van der Waals surface area contributed by atoms with E-state index in [1.54, 1.807) is 0 Å². The van der Waals surface area contributed by atoms with Gasteiger partial charge in [-0.25, -0.2) is 0 Å². The van der Waals surface area contributed by atoms with Gasteiger partial charge in [0.1, 0.15) is 0 Å². The fourth-order valence-electron chi connectivity index (χ4n) is 1.36. The Morgan fingerprint density at radius 2 is 1.48 bits per heavy atom. The molecule has 2 heteroatoms. The van der Waals surface area contributed by atoms with Crippen LogP contribution in [0.1, 0.15) is 71.9 Å². The minimum Gasteiger partial charge on any atom is -0.372 e. The van der Waals surface area contributed by atoms with Crippen molar-refractivity contribution in [3.63, 3.8) is 0 Å². The van der Waals surface area contributed by atoms with Gasteiger partial charge in [-0.1, -0.05) is 84.7 Å². The standard InChI is InChI=1S/C10H14.C8H18.CH3NO/c1-8(2)10-6-4-9(3)5-7-10;1-6-8(4,5)7(2)3;2-1-3/h4-8H,1-3H3;7H,6H2,1-5H3;1H,(H2,2,3). The SMILES string of the molecule is CCC(C)(C)C(C)C.Cc1ccc(C(C)C)cc1.NC=O. The molecule has 0 bridgehead atoms. The molecule has 0 saturated carbocycles. The number of carbonyl (C=O) groups excluding carboxylic acids is 1. The van der Waals surface area contributed by atoms with Gasteiger partial charge in [-0.3, -0.25) is 4.79 Å². The summed E-state index contributed by atoms with van der Waals surface area (Å²) in [5.74, 6) is 1.47. The first-order valence-corrected chi connectivity index (χ1v) is 7.84. The molecule has 0 aliphatic heterocycles. The predicted octanol–water partition coefficient (Wildman–Crippen LogP) is 5.30. The maximum Gasteiger partial charge on any atom is 0.204 e. The number of benzene rings is 1. The predicted molar refractivity (Wildman–Crippen MR) is 94.4 cm³/mol. The minimum absolute atomic E-state index is 0.250. The van der Waals surface area contributed by atoms with Crippen molar-refractivity contribution >= 4 is 6.41 Å². The molecule has 0 atom stereocenters. The van der Waals surface area contributed by atoms with Crippen LogP contribution in [-0.4, -0.2) is 6.41 Å². The minimum atomic E-state index is 0.250. The molecule has 1 aromatic rings. The Kier molecular flexibility index (Phi) is 11.9. The van der Waals surface area contributed by atoms with Crippen LogP contribution < -0.4 is 5.73 Å². The number of aryl methyl sites for hydroxylation is 1. The number of rotatable bonds is 3. The lowest BCUT2D eigenvalue weighted by Crippen LogP contribution is -2.17. The molecule has 21 heavy (non-hydrogen) atoms. The Labute approximate surface area is 132 Å². The van der Waals surface area contributed by atoms with Crippen LogP contribution in [0.5, 0.6) is 0 Å². The van der Waals surface area contributed by atoms with Crippen molar-refractivity contribution < 1.29 is 4.79 Å². The van der Waals surface area contributed by atoms with E-state index >= 15 is 0 Å². The van der Waals surface area contributed by atoms with E-state index in [-0.39, 0.29) is 6.41 Å². The van der Waals surface area contributed by atoms with E-state index < -0.39 is 0 Å². The molecule has 0 aliphatic carbocycles. The molecule has 0 aromatic heterocycles. The van der Waals surface area contributed by atoms with Crippen molar-refractivity contribution in [1.82, 2.24) is 0 Å². The third kappa shape index (κ3) is 11.1. The summed E-state index contributed by atoms with van der Waals surface area (Å²) in [4.78, 5) is 8.58. The molecule has 2 nitrogen and oxygen atoms in total. The van der Waals surface area contributed by atoms with Crippen LogP contribution in [0.4, 0.5) is 0 Å². The van der Waals surface area contributed by atoms with Crippen LogP contribution in [0.15, 0.2) is 24.3 Å². The Balaban J connectivity index is 0. The van der Waals surface area contributed by atoms with Crippen LogP contribution in [0.3, 0.4) is 0 Å². The van der Waals surface area contributed by atoms with Gasteiger partial charge < -0.3 is 5.73 Å². The van der Waals surface area contributed by atoms with Gasteiger partial charge >= 0.3 is 0 Å². The van der Waals surface area contributed by atoms with Gasteiger partial charge in [0, 0.05) is 0 Å². The van der Waals surface area contributed by atoms with E-state index in [4.69, 9.17) is 4.79 Å². The largest absolute Gasteiger partial charge is 0.372 e. The van der Waals surface area contributed by atoms with Gasteiger partial charge in [0.2, 0.25) is 6.41 Å². The van der Waals surface area contributed by atoms with E-state index in [9.17, 15) is 0 Å². The van der Waals surface area contributed by atoms with E-state index in [1.807, 2.05) is 0 Å². The molecule has 0 unspecified atom stereocenters. The Bertz CT molecular complexity index is 364. The third-order valence-corrected chi connectivity index (χ3v) is 4.22. The molecule has 122 valence electrons. The lowest BCUT2D eigenvalue weighted by atomic mass is 9.79. The lowest BCUT2D eigenvalue weighted by Gasteiger charge is -2.27. The molecule has 0 fully saturated rings. The first kappa shape index (κ1) is 22.0. The number of amides is 1. The van der Waals surface area contributed by atoms with Gasteiger partial charge in [-0.15, -0.1) is 0 Å². The second kappa shape index (κ2) is 11.4. The van der Waals surface area contributed by atoms with Crippen LogP contribution in [0, 0.1) is 18.3 Å². The van der Waals surface area contributed by atoms with Gasteiger partial charge in [-0.2, -0.15) is 0 Å². The quantitative estimate of drug-likeness (QED) is 0.755. The van der Waals surface area contributed by atoms with Crippen molar-refractivity contribution in [3.05, 3.63) is 35.4 Å². The molecule has 1 amide bonds. The van der Waals surface area contributed by atoms with Crippen LogP contribution in [0.2, 0.25) is 0 Å². The Hall–Kier alpha value is -1.31. The zero-order valence-electron chi connectivity index (χ0n) is 15.2. The molecule has 0 radical (unpaired) electrons. The number of nitrogens with two attached hydrogens (primary N) is 1. The highest BCUT2D eigenvalue weighted by Gasteiger charge is 2.18. The fourth-order valence-corrected chi connectivity index (χ4v) is 1.36. The molecular weight excluding hydrogens is 258 g/mol. The van der Waals surface area contributed by atoms with Crippen molar-refractivity contribution in [2.45, 2.75) is 67.7 Å². The maximum absolute atomic E-state index is 8.58. The molecule has 0 heterocycles. The van der Waals surface area contributed by atoms with Gasteiger partial charge in [-0.05, 0) is 29.7 Å². The first-order valence-electron chi connectivity index (χ1n) is 7.84. The number of primary amides is 1. The first-order chi connectivity index (χ1) is 9.62. The topological polar surface area (TPSA) is 43.1 Å². The van der Waals surface area contributed by atoms with Crippen LogP contribution >= 0.6 is 0 Å².